The Morgan fingerprint density at radius 2 is 1.00 bits per heavy atom. The highest BCUT2D eigenvalue weighted by Gasteiger charge is 2.31. The molecule has 0 N–H and O–H groups in total. The first kappa shape index (κ1) is 11.0. The van der Waals surface area contributed by atoms with Gasteiger partial charge in [-0.15, -0.1) is 0 Å². The summed E-state index contributed by atoms with van der Waals surface area (Å²) in [7, 11) is -0.519. The molecule has 0 spiro atoms. The van der Waals surface area contributed by atoms with Gasteiger partial charge in [-0.05, 0) is 11.1 Å². The summed E-state index contributed by atoms with van der Waals surface area (Å²) in [5.41, 5.74) is 1.91. The lowest BCUT2D eigenvalue weighted by molar-refractivity contribution is 0.467. The minimum Gasteiger partial charge on any atom is -0.168 e. The Balaban J connectivity index is 1.82. The maximum atomic E-state index is 6.74. The van der Waals surface area contributed by atoms with Crippen LogP contribution in [0.5, 0.6) is 0 Å². The quantitative estimate of drug-likeness (QED) is 0.468. The molecule has 14 heavy (non-hydrogen) atoms. The van der Waals surface area contributed by atoms with Gasteiger partial charge in [-0.25, -0.2) is 0 Å². The molecule has 0 saturated heterocycles. The molecule has 2 fully saturated rings. The fourth-order valence-electron chi connectivity index (χ4n) is 3.09. The third-order valence-corrected chi connectivity index (χ3v) is 8.56. The SMILES string of the molecule is Cl[Si](C1CCCCC1)C1CCCCC1. The van der Waals surface area contributed by atoms with Crippen molar-refractivity contribution in [1.82, 2.24) is 0 Å². The van der Waals surface area contributed by atoms with E-state index in [4.69, 9.17) is 11.1 Å². The van der Waals surface area contributed by atoms with Crippen molar-refractivity contribution < 1.29 is 0 Å². The van der Waals surface area contributed by atoms with Crippen LogP contribution in [0.3, 0.4) is 0 Å². The maximum absolute atomic E-state index is 6.74. The van der Waals surface area contributed by atoms with Gasteiger partial charge in [-0.1, -0.05) is 64.2 Å². The molecule has 0 aromatic carbocycles. The summed E-state index contributed by atoms with van der Waals surface area (Å²) in [5.74, 6) is 0. The van der Waals surface area contributed by atoms with Gasteiger partial charge in [0.2, 0.25) is 0 Å². The largest absolute Gasteiger partial charge is 0.171 e. The van der Waals surface area contributed by atoms with Crippen molar-refractivity contribution in [2.24, 2.45) is 0 Å². The van der Waals surface area contributed by atoms with E-state index in [1.54, 1.807) is 0 Å². The number of hydrogen-bond acceptors (Lipinski definition) is 0. The van der Waals surface area contributed by atoms with E-state index in [0.717, 1.165) is 11.1 Å². The highest BCUT2D eigenvalue weighted by Crippen LogP contribution is 2.42. The van der Waals surface area contributed by atoms with Crippen LogP contribution in [0.4, 0.5) is 0 Å². The second-order valence-electron chi connectivity index (χ2n) is 5.05. The first-order valence-corrected chi connectivity index (χ1v) is 9.07. The van der Waals surface area contributed by atoms with Crippen molar-refractivity contribution in [2.75, 3.05) is 0 Å². The van der Waals surface area contributed by atoms with Gasteiger partial charge in [0.15, 0.2) is 8.11 Å². The molecule has 2 heteroatoms. The molecule has 1 radical (unpaired) electrons. The predicted octanol–water partition coefficient (Wildman–Crippen LogP) is 4.89. The van der Waals surface area contributed by atoms with Gasteiger partial charge >= 0.3 is 0 Å². The summed E-state index contributed by atoms with van der Waals surface area (Å²) in [5, 5.41) is 0. The van der Waals surface area contributed by atoms with E-state index in [2.05, 4.69) is 0 Å². The molecule has 0 nitrogen and oxygen atoms in total. The molecule has 2 saturated carbocycles. The highest BCUT2D eigenvalue weighted by atomic mass is 35.6. The second-order valence-corrected chi connectivity index (χ2v) is 8.77. The summed E-state index contributed by atoms with van der Waals surface area (Å²) < 4.78 is 0. The van der Waals surface area contributed by atoms with Gasteiger partial charge in [-0.2, -0.15) is 11.1 Å². The van der Waals surface area contributed by atoms with Crippen molar-refractivity contribution >= 4 is 19.2 Å². The standard InChI is InChI=1S/C12H22ClSi/c13-14(11-7-3-1-4-8-11)12-9-5-2-6-10-12/h11-12H,1-10H2. The monoisotopic (exact) mass is 229 g/mol. The second kappa shape index (κ2) is 5.55. The van der Waals surface area contributed by atoms with Crippen molar-refractivity contribution in [2.45, 2.75) is 75.3 Å². The van der Waals surface area contributed by atoms with E-state index in [1.807, 2.05) is 0 Å². The molecule has 81 valence electrons. The summed E-state index contributed by atoms with van der Waals surface area (Å²) in [6, 6.07) is 0. The van der Waals surface area contributed by atoms with Crippen LogP contribution in [-0.4, -0.2) is 8.11 Å². The third-order valence-electron chi connectivity index (χ3n) is 3.99. The van der Waals surface area contributed by atoms with Gasteiger partial charge in [-0.3, -0.25) is 0 Å². The normalized spacial score (nSPS) is 27.0. The zero-order chi connectivity index (χ0) is 9.80. The zero-order valence-corrected chi connectivity index (χ0v) is 10.9. The zero-order valence-electron chi connectivity index (χ0n) is 9.10. The minimum absolute atomic E-state index is 0.519. The van der Waals surface area contributed by atoms with Crippen molar-refractivity contribution in [3.63, 3.8) is 0 Å². The Morgan fingerprint density at radius 1 is 0.643 bits per heavy atom. The lowest BCUT2D eigenvalue weighted by Crippen LogP contribution is -2.24. The topological polar surface area (TPSA) is 0 Å². The van der Waals surface area contributed by atoms with Gasteiger partial charge < -0.3 is 0 Å². The molecule has 0 aromatic heterocycles. The Morgan fingerprint density at radius 3 is 1.36 bits per heavy atom. The maximum Gasteiger partial charge on any atom is 0.171 e. The van der Waals surface area contributed by atoms with E-state index in [1.165, 1.54) is 64.2 Å². The average molecular weight is 230 g/mol. The molecule has 0 aliphatic heterocycles. The summed E-state index contributed by atoms with van der Waals surface area (Å²) in [6.07, 6.45) is 14.6. The van der Waals surface area contributed by atoms with Gasteiger partial charge in [0.25, 0.3) is 0 Å². The first-order chi connectivity index (χ1) is 6.88. The Hall–Kier alpha value is 0.507. The molecular weight excluding hydrogens is 208 g/mol. The Bertz CT molecular complexity index is 142. The van der Waals surface area contributed by atoms with Crippen LogP contribution in [0, 0.1) is 0 Å². The molecule has 0 bridgehead atoms. The predicted molar refractivity (Wildman–Crippen MR) is 65.3 cm³/mol. The molecule has 2 aliphatic rings. The Kier molecular flexibility index (Phi) is 4.37. The lowest BCUT2D eigenvalue weighted by Gasteiger charge is -2.32. The van der Waals surface area contributed by atoms with Crippen molar-refractivity contribution in [3.05, 3.63) is 0 Å². The van der Waals surface area contributed by atoms with E-state index in [0.29, 0.717) is 0 Å². The van der Waals surface area contributed by atoms with Crippen LogP contribution in [-0.2, 0) is 0 Å². The van der Waals surface area contributed by atoms with Crippen LogP contribution in [0.25, 0.3) is 0 Å². The summed E-state index contributed by atoms with van der Waals surface area (Å²) in [4.78, 5) is 0. The smallest absolute Gasteiger partial charge is 0.168 e. The molecule has 0 amide bonds. The van der Waals surface area contributed by atoms with Crippen LogP contribution in [0.2, 0.25) is 11.1 Å². The molecule has 2 rings (SSSR count). The molecule has 0 heterocycles. The number of halogens is 1. The van der Waals surface area contributed by atoms with E-state index in [-0.39, 0.29) is 0 Å². The van der Waals surface area contributed by atoms with Crippen LogP contribution in [0.1, 0.15) is 64.2 Å². The summed E-state index contributed by atoms with van der Waals surface area (Å²) >= 11 is 6.74. The lowest BCUT2D eigenvalue weighted by atomic mass is 9.99. The van der Waals surface area contributed by atoms with Gasteiger partial charge in [0.05, 0.1) is 0 Å². The minimum atomic E-state index is -0.519. The van der Waals surface area contributed by atoms with Gasteiger partial charge in [0.1, 0.15) is 0 Å². The number of rotatable bonds is 2. The highest BCUT2D eigenvalue weighted by molar-refractivity contribution is 7.08. The molecular formula is C12H22ClSi. The third kappa shape index (κ3) is 2.76. The average Bonchev–Trinajstić information content (AvgIpc) is 2.30. The van der Waals surface area contributed by atoms with Crippen LogP contribution >= 0.6 is 11.1 Å². The fourth-order valence-corrected chi connectivity index (χ4v) is 6.99. The number of hydrogen-bond donors (Lipinski definition) is 0. The van der Waals surface area contributed by atoms with E-state index >= 15 is 0 Å². The van der Waals surface area contributed by atoms with E-state index < -0.39 is 8.11 Å². The molecule has 0 unspecified atom stereocenters. The Labute approximate surface area is 94.7 Å². The molecule has 0 atom stereocenters. The van der Waals surface area contributed by atoms with Crippen LogP contribution in [0.15, 0.2) is 0 Å². The summed E-state index contributed by atoms with van der Waals surface area (Å²) in [6.45, 7) is 0. The molecule has 2 aliphatic carbocycles. The van der Waals surface area contributed by atoms with E-state index in [9.17, 15) is 0 Å². The first-order valence-electron chi connectivity index (χ1n) is 6.40. The van der Waals surface area contributed by atoms with Crippen LogP contribution < -0.4 is 0 Å². The van der Waals surface area contributed by atoms with Gasteiger partial charge in [0, 0.05) is 0 Å². The molecule has 0 aromatic rings. The fraction of sp³-hybridized carbons (Fsp3) is 1.00. The van der Waals surface area contributed by atoms with Crippen molar-refractivity contribution in [1.29, 1.82) is 0 Å². The van der Waals surface area contributed by atoms with Crippen molar-refractivity contribution in [3.8, 4) is 0 Å².